The largest absolute Gasteiger partial charge is 0.444 e. The molecule has 0 fully saturated rings. The Balaban J connectivity index is 1.88. The van der Waals surface area contributed by atoms with Crippen molar-refractivity contribution in [3.8, 4) is 5.75 Å². The Bertz CT molecular complexity index is 754. The van der Waals surface area contributed by atoms with Gasteiger partial charge in [0.2, 0.25) is 5.91 Å². The third-order valence-corrected chi connectivity index (χ3v) is 3.36. The second-order valence-corrected chi connectivity index (χ2v) is 5.55. The van der Waals surface area contributed by atoms with Gasteiger partial charge in [-0.2, -0.15) is 8.78 Å². The molecule has 2 N–H and O–H groups in total. The van der Waals surface area contributed by atoms with Crippen molar-refractivity contribution in [3.63, 3.8) is 0 Å². The van der Waals surface area contributed by atoms with E-state index in [0.717, 1.165) is 0 Å². The minimum Gasteiger partial charge on any atom is -0.444 e. The first-order valence-corrected chi connectivity index (χ1v) is 7.60. The number of rotatable bonds is 6. The molecule has 0 unspecified atom stereocenters. The number of anilines is 1. The first-order valence-electron chi connectivity index (χ1n) is 6.43. The summed E-state index contributed by atoms with van der Waals surface area (Å²) in [7, 11) is 0. The highest BCUT2D eigenvalue weighted by molar-refractivity contribution is 9.10. The summed E-state index contributed by atoms with van der Waals surface area (Å²) >= 11 is 8.83. The van der Waals surface area contributed by atoms with Crippen LogP contribution < -0.4 is 15.4 Å². The lowest BCUT2D eigenvalue weighted by Gasteiger charge is -2.10. The van der Waals surface area contributed by atoms with Gasteiger partial charge in [-0.25, -0.2) is 0 Å². The molecule has 0 aliphatic carbocycles. The van der Waals surface area contributed by atoms with Gasteiger partial charge in [-0.15, -0.1) is 0 Å². The highest BCUT2D eigenvalue weighted by Gasteiger charge is 2.13. The number of carbonyl (C=O) groups is 2. The third-order valence-electron chi connectivity index (χ3n) is 2.64. The van der Waals surface area contributed by atoms with Crippen LogP contribution in [0.3, 0.4) is 0 Å². The zero-order valence-corrected chi connectivity index (χ0v) is 14.2. The molecular formula is C14H10BrClF2N2O4. The molecule has 10 heteroatoms. The number of furan rings is 1. The summed E-state index contributed by atoms with van der Waals surface area (Å²) in [6.45, 7) is -3.32. The number of halogens is 4. The predicted molar refractivity (Wildman–Crippen MR) is 85.5 cm³/mol. The van der Waals surface area contributed by atoms with E-state index in [1.54, 1.807) is 6.07 Å². The van der Waals surface area contributed by atoms with Crippen LogP contribution in [0.25, 0.3) is 0 Å². The fraction of sp³-hybridized carbons (Fsp3) is 0.143. The summed E-state index contributed by atoms with van der Waals surface area (Å²) in [5.41, 5.74) is 0.265. The van der Waals surface area contributed by atoms with Crippen LogP contribution in [-0.2, 0) is 4.79 Å². The van der Waals surface area contributed by atoms with Gasteiger partial charge in [0.25, 0.3) is 5.91 Å². The molecule has 0 atom stereocenters. The molecule has 24 heavy (non-hydrogen) atoms. The first kappa shape index (κ1) is 18.2. The Morgan fingerprint density at radius 1 is 1.29 bits per heavy atom. The maximum absolute atomic E-state index is 12.1. The molecule has 0 saturated heterocycles. The predicted octanol–water partition coefficient (Wildman–Crippen LogP) is 3.67. The molecule has 0 spiro atoms. The van der Waals surface area contributed by atoms with Crippen molar-refractivity contribution in [2.24, 2.45) is 0 Å². The lowest BCUT2D eigenvalue weighted by molar-refractivity contribution is -0.115. The lowest BCUT2D eigenvalue weighted by atomic mass is 10.3. The lowest BCUT2D eigenvalue weighted by Crippen LogP contribution is -2.32. The van der Waals surface area contributed by atoms with E-state index in [2.05, 4.69) is 31.3 Å². The van der Waals surface area contributed by atoms with E-state index in [4.69, 9.17) is 16.0 Å². The van der Waals surface area contributed by atoms with Gasteiger partial charge in [0, 0.05) is 5.69 Å². The molecule has 128 valence electrons. The monoisotopic (exact) mass is 422 g/mol. The second kappa shape index (κ2) is 8.11. The molecule has 2 amide bonds. The molecule has 0 aliphatic rings. The summed E-state index contributed by atoms with van der Waals surface area (Å²) in [6, 6.07) is 6.78. The minimum absolute atomic E-state index is 0.0474. The molecule has 1 aromatic heterocycles. The fourth-order valence-corrected chi connectivity index (χ4v) is 2.19. The quantitative estimate of drug-likeness (QED) is 0.743. The van der Waals surface area contributed by atoms with E-state index in [1.807, 2.05) is 0 Å². The van der Waals surface area contributed by atoms with Gasteiger partial charge >= 0.3 is 6.61 Å². The molecule has 6 nitrogen and oxygen atoms in total. The SMILES string of the molecule is O=C(CNC(=O)c1ccc(Br)o1)Nc1ccc(OC(F)F)c(Cl)c1. The van der Waals surface area contributed by atoms with Gasteiger partial charge in [-0.3, -0.25) is 9.59 Å². The Morgan fingerprint density at radius 2 is 2.04 bits per heavy atom. The van der Waals surface area contributed by atoms with Crippen LogP contribution in [-0.4, -0.2) is 25.0 Å². The first-order chi connectivity index (χ1) is 11.3. The van der Waals surface area contributed by atoms with Crippen molar-refractivity contribution in [2.45, 2.75) is 6.61 Å². The number of nitrogens with one attached hydrogen (secondary N) is 2. The summed E-state index contributed by atoms with van der Waals surface area (Å²) in [5.74, 6) is -1.25. The van der Waals surface area contributed by atoms with Crippen molar-refractivity contribution in [1.29, 1.82) is 0 Å². The summed E-state index contributed by atoms with van der Waals surface area (Å²) in [6.07, 6.45) is 0. The summed E-state index contributed by atoms with van der Waals surface area (Å²) in [4.78, 5) is 23.5. The van der Waals surface area contributed by atoms with Crippen LogP contribution >= 0.6 is 27.5 Å². The Kier molecular flexibility index (Phi) is 6.16. The molecule has 2 aromatic rings. The van der Waals surface area contributed by atoms with Crippen LogP contribution in [0, 0.1) is 0 Å². The number of carbonyl (C=O) groups excluding carboxylic acids is 2. The number of alkyl halides is 2. The van der Waals surface area contributed by atoms with Gasteiger partial charge < -0.3 is 19.8 Å². The van der Waals surface area contributed by atoms with E-state index < -0.39 is 18.4 Å². The maximum atomic E-state index is 12.1. The van der Waals surface area contributed by atoms with Crippen LogP contribution in [0.4, 0.5) is 14.5 Å². The standard InChI is InChI=1S/C14H10BrClF2N2O4/c15-11-4-3-10(23-11)13(22)19-6-12(21)20-7-1-2-9(8(16)5-7)24-14(17)18/h1-5,14H,6H2,(H,19,22)(H,20,21). The van der Waals surface area contributed by atoms with Crippen molar-refractivity contribution in [2.75, 3.05) is 11.9 Å². The Morgan fingerprint density at radius 3 is 2.62 bits per heavy atom. The van der Waals surface area contributed by atoms with Gasteiger partial charge in [-0.05, 0) is 46.3 Å². The van der Waals surface area contributed by atoms with Crippen molar-refractivity contribution < 1.29 is 27.5 Å². The smallest absolute Gasteiger partial charge is 0.387 e. The van der Waals surface area contributed by atoms with Crippen molar-refractivity contribution in [3.05, 3.63) is 45.8 Å². The third kappa shape index (κ3) is 5.20. The van der Waals surface area contributed by atoms with E-state index >= 15 is 0 Å². The summed E-state index contributed by atoms with van der Waals surface area (Å²) in [5, 5.41) is 4.73. The molecular weight excluding hydrogens is 414 g/mol. The normalized spacial score (nSPS) is 10.5. The van der Waals surface area contributed by atoms with Gasteiger partial charge in [0.05, 0.1) is 11.6 Å². The average Bonchev–Trinajstić information content (AvgIpc) is 2.94. The molecule has 0 radical (unpaired) electrons. The molecule has 0 saturated carbocycles. The topological polar surface area (TPSA) is 80.6 Å². The summed E-state index contributed by atoms with van der Waals surface area (Å²) < 4.78 is 33.9. The van der Waals surface area contributed by atoms with E-state index in [-0.39, 0.29) is 28.8 Å². The van der Waals surface area contributed by atoms with Crippen molar-refractivity contribution in [1.82, 2.24) is 5.32 Å². The zero-order valence-electron chi connectivity index (χ0n) is 11.8. The highest BCUT2D eigenvalue weighted by atomic mass is 79.9. The molecule has 0 aliphatic heterocycles. The van der Waals surface area contributed by atoms with Crippen LogP contribution in [0.1, 0.15) is 10.6 Å². The Hall–Kier alpha value is -2.13. The van der Waals surface area contributed by atoms with Crippen LogP contribution in [0.5, 0.6) is 5.75 Å². The zero-order chi connectivity index (χ0) is 17.7. The highest BCUT2D eigenvalue weighted by Crippen LogP contribution is 2.28. The van der Waals surface area contributed by atoms with E-state index in [1.165, 1.54) is 24.3 Å². The number of hydrogen-bond acceptors (Lipinski definition) is 4. The number of ether oxygens (including phenoxy) is 1. The van der Waals surface area contributed by atoms with Gasteiger partial charge in [0.1, 0.15) is 5.75 Å². The maximum Gasteiger partial charge on any atom is 0.387 e. The fourth-order valence-electron chi connectivity index (χ4n) is 1.66. The number of hydrogen-bond donors (Lipinski definition) is 2. The van der Waals surface area contributed by atoms with E-state index in [0.29, 0.717) is 4.67 Å². The average molecular weight is 424 g/mol. The van der Waals surface area contributed by atoms with Crippen molar-refractivity contribution >= 4 is 45.0 Å². The van der Waals surface area contributed by atoms with E-state index in [9.17, 15) is 18.4 Å². The molecule has 1 aromatic carbocycles. The number of amides is 2. The minimum atomic E-state index is -3.00. The molecule has 1 heterocycles. The van der Waals surface area contributed by atoms with Gasteiger partial charge in [-0.1, -0.05) is 11.6 Å². The molecule has 2 rings (SSSR count). The van der Waals surface area contributed by atoms with Crippen LogP contribution in [0.15, 0.2) is 39.4 Å². The second-order valence-electron chi connectivity index (χ2n) is 4.36. The van der Waals surface area contributed by atoms with Crippen LogP contribution in [0.2, 0.25) is 5.02 Å². The molecule has 0 bridgehead atoms. The number of benzene rings is 1. The van der Waals surface area contributed by atoms with Gasteiger partial charge in [0.15, 0.2) is 10.4 Å². The Labute approximate surface area is 148 Å².